The highest BCUT2D eigenvalue weighted by atomic mass is 16.4. The summed E-state index contributed by atoms with van der Waals surface area (Å²) in [6.07, 6.45) is 2.92. The third-order valence-corrected chi connectivity index (χ3v) is 1.88. The van der Waals surface area contributed by atoms with E-state index >= 15 is 0 Å². The molecule has 5 heteroatoms. The van der Waals surface area contributed by atoms with E-state index in [2.05, 4.69) is 17.1 Å². The van der Waals surface area contributed by atoms with Crippen LogP contribution in [-0.2, 0) is 9.59 Å². The van der Waals surface area contributed by atoms with Crippen LogP contribution in [0.25, 0.3) is 10.9 Å². The highest BCUT2D eigenvalue weighted by Gasteiger charge is 1.88. The van der Waals surface area contributed by atoms with E-state index in [-0.39, 0.29) is 0 Å². The maximum Gasteiger partial charge on any atom is 0.328 e. The standard InChI is InChI=1S/C9H7N.C4H4O4/c1-2-6-9-8(4-1)5-3-7-10-9;5-3(6)1-2-4(7)8/h1-7H;1-2H,(H,5,6)(H,7,8)/b;2-1+. The number of aromatic nitrogens is 1. The van der Waals surface area contributed by atoms with E-state index in [9.17, 15) is 9.59 Å². The second-order valence-electron chi connectivity index (χ2n) is 3.21. The first-order valence-electron chi connectivity index (χ1n) is 5.03. The van der Waals surface area contributed by atoms with Gasteiger partial charge in [-0.15, -0.1) is 0 Å². The molecule has 0 aliphatic heterocycles. The first-order valence-corrected chi connectivity index (χ1v) is 5.03. The minimum absolute atomic E-state index is 0.558. The highest BCUT2D eigenvalue weighted by molar-refractivity contribution is 5.89. The zero-order valence-electron chi connectivity index (χ0n) is 9.35. The molecule has 18 heavy (non-hydrogen) atoms. The Kier molecular flexibility index (Phi) is 5.05. The van der Waals surface area contributed by atoms with Gasteiger partial charge in [-0.2, -0.15) is 0 Å². The van der Waals surface area contributed by atoms with Crippen molar-refractivity contribution in [1.29, 1.82) is 0 Å². The minimum atomic E-state index is -1.26. The molecule has 0 amide bonds. The molecule has 2 rings (SSSR count). The van der Waals surface area contributed by atoms with Crippen LogP contribution in [0.5, 0.6) is 0 Å². The van der Waals surface area contributed by atoms with Gasteiger partial charge >= 0.3 is 11.9 Å². The summed E-state index contributed by atoms with van der Waals surface area (Å²) >= 11 is 0. The molecule has 2 aromatic rings. The van der Waals surface area contributed by atoms with Crippen LogP contribution in [0.1, 0.15) is 0 Å². The number of aliphatic carboxylic acids is 2. The molecule has 1 aromatic carbocycles. The number of rotatable bonds is 2. The third-order valence-electron chi connectivity index (χ3n) is 1.88. The molecule has 1 heterocycles. The molecule has 0 atom stereocenters. The Labute approximate surface area is 103 Å². The Morgan fingerprint density at radius 3 is 2.06 bits per heavy atom. The Morgan fingerprint density at radius 1 is 0.944 bits per heavy atom. The molecule has 1 aromatic heterocycles. The molecule has 5 nitrogen and oxygen atoms in total. The second kappa shape index (κ2) is 6.80. The molecule has 0 aliphatic rings. The molecule has 2 N–H and O–H groups in total. The van der Waals surface area contributed by atoms with Crippen molar-refractivity contribution >= 4 is 22.8 Å². The van der Waals surface area contributed by atoms with Crippen LogP contribution in [-0.4, -0.2) is 27.1 Å². The largest absolute Gasteiger partial charge is 0.478 e. The van der Waals surface area contributed by atoms with E-state index in [4.69, 9.17) is 10.2 Å². The predicted molar refractivity (Wildman–Crippen MR) is 66.2 cm³/mol. The molecular weight excluding hydrogens is 234 g/mol. The van der Waals surface area contributed by atoms with Crippen molar-refractivity contribution in [3.63, 3.8) is 0 Å². The van der Waals surface area contributed by atoms with Crippen molar-refractivity contribution < 1.29 is 19.8 Å². The van der Waals surface area contributed by atoms with Gasteiger partial charge in [0.1, 0.15) is 0 Å². The lowest BCUT2D eigenvalue weighted by Gasteiger charge is -1.91. The Balaban J connectivity index is 0.000000187. The van der Waals surface area contributed by atoms with E-state index in [1.165, 1.54) is 5.39 Å². The fraction of sp³-hybridized carbons (Fsp3) is 0. The van der Waals surface area contributed by atoms with Crippen molar-refractivity contribution in [3.05, 3.63) is 54.7 Å². The molecule has 0 aliphatic carbocycles. The molecule has 0 unspecified atom stereocenters. The van der Waals surface area contributed by atoms with Crippen molar-refractivity contribution in [2.24, 2.45) is 0 Å². The zero-order chi connectivity index (χ0) is 13.4. The maximum atomic E-state index is 9.55. The van der Waals surface area contributed by atoms with Gasteiger partial charge in [0.05, 0.1) is 5.52 Å². The minimum Gasteiger partial charge on any atom is -0.478 e. The van der Waals surface area contributed by atoms with Gasteiger partial charge in [0.25, 0.3) is 0 Å². The number of carboxylic acids is 2. The fourth-order valence-electron chi connectivity index (χ4n) is 1.16. The summed E-state index contributed by atoms with van der Waals surface area (Å²) in [5.74, 6) is -2.51. The molecule has 0 fully saturated rings. The van der Waals surface area contributed by atoms with E-state index in [0.29, 0.717) is 12.2 Å². The number of carboxylic acid groups (broad SMARTS) is 2. The number of carbonyl (C=O) groups is 2. The van der Waals surface area contributed by atoms with E-state index in [1.807, 2.05) is 30.5 Å². The number of para-hydroxylation sites is 1. The molecule has 92 valence electrons. The number of fused-ring (bicyclic) bond motifs is 1. The van der Waals surface area contributed by atoms with Crippen LogP contribution in [0.15, 0.2) is 54.7 Å². The average Bonchev–Trinajstić information content (AvgIpc) is 2.37. The van der Waals surface area contributed by atoms with Gasteiger partial charge in [-0.25, -0.2) is 9.59 Å². The topological polar surface area (TPSA) is 87.5 Å². The maximum absolute atomic E-state index is 9.55. The SMILES string of the molecule is O=C(O)/C=C/C(=O)O.c1ccc2ncccc2c1. The Bertz CT molecular complexity index is 496. The molecule has 0 spiro atoms. The van der Waals surface area contributed by atoms with Gasteiger partial charge in [-0.05, 0) is 12.1 Å². The first kappa shape index (κ1) is 13.4. The fourth-order valence-corrected chi connectivity index (χ4v) is 1.16. The zero-order valence-corrected chi connectivity index (χ0v) is 9.35. The van der Waals surface area contributed by atoms with Gasteiger partial charge in [0.15, 0.2) is 0 Å². The van der Waals surface area contributed by atoms with Crippen molar-refractivity contribution in [2.45, 2.75) is 0 Å². The van der Waals surface area contributed by atoms with Gasteiger partial charge in [-0.1, -0.05) is 24.3 Å². The predicted octanol–water partition coefficient (Wildman–Crippen LogP) is 1.95. The second-order valence-corrected chi connectivity index (χ2v) is 3.21. The molecule has 0 bridgehead atoms. The molecule has 0 radical (unpaired) electrons. The van der Waals surface area contributed by atoms with Gasteiger partial charge in [0.2, 0.25) is 0 Å². The third kappa shape index (κ3) is 4.89. The molecule has 0 saturated heterocycles. The van der Waals surface area contributed by atoms with Gasteiger partial charge < -0.3 is 10.2 Å². The number of hydrogen-bond donors (Lipinski definition) is 2. The van der Waals surface area contributed by atoms with Crippen LogP contribution in [0, 0.1) is 0 Å². The lowest BCUT2D eigenvalue weighted by Crippen LogP contribution is -1.91. The summed E-state index contributed by atoms with van der Waals surface area (Å²) in [6, 6.07) is 12.1. The molecular formula is C13H11NO4. The number of hydrogen-bond acceptors (Lipinski definition) is 3. The van der Waals surface area contributed by atoms with Gasteiger partial charge in [0, 0.05) is 23.7 Å². The van der Waals surface area contributed by atoms with Crippen LogP contribution >= 0.6 is 0 Å². The van der Waals surface area contributed by atoms with Crippen LogP contribution < -0.4 is 0 Å². The normalized spacial score (nSPS) is 9.78. The number of pyridine rings is 1. The first-order chi connectivity index (χ1) is 8.59. The monoisotopic (exact) mass is 245 g/mol. The Hall–Kier alpha value is -2.69. The van der Waals surface area contributed by atoms with Crippen molar-refractivity contribution in [2.75, 3.05) is 0 Å². The molecule has 0 saturated carbocycles. The summed E-state index contributed by atoms with van der Waals surface area (Å²) in [5, 5.41) is 16.8. The van der Waals surface area contributed by atoms with Crippen LogP contribution in [0.4, 0.5) is 0 Å². The van der Waals surface area contributed by atoms with E-state index < -0.39 is 11.9 Å². The highest BCUT2D eigenvalue weighted by Crippen LogP contribution is 2.07. The summed E-state index contributed by atoms with van der Waals surface area (Å²) in [4.78, 5) is 23.3. The quantitative estimate of drug-likeness (QED) is 0.789. The van der Waals surface area contributed by atoms with Crippen LogP contribution in [0.3, 0.4) is 0 Å². The van der Waals surface area contributed by atoms with E-state index in [0.717, 1.165) is 5.52 Å². The van der Waals surface area contributed by atoms with Gasteiger partial charge in [-0.3, -0.25) is 4.98 Å². The smallest absolute Gasteiger partial charge is 0.328 e. The lowest BCUT2D eigenvalue weighted by atomic mass is 10.2. The van der Waals surface area contributed by atoms with Crippen molar-refractivity contribution in [3.8, 4) is 0 Å². The summed E-state index contributed by atoms with van der Waals surface area (Å²) in [6.45, 7) is 0. The number of benzene rings is 1. The average molecular weight is 245 g/mol. The summed E-state index contributed by atoms with van der Waals surface area (Å²) in [7, 11) is 0. The van der Waals surface area contributed by atoms with E-state index in [1.54, 1.807) is 0 Å². The summed E-state index contributed by atoms with van der Waals surface area (Å²) in [5.41, 5.74) is 1.06. The Morgan fingerprint density at radius 2 is 1.50 bits per heavy atom. The number of nitrogens with zero attached hydrogens (tertiary/aromatic N) is 1. The van der Waals surface area contributed by atoms with Crippen LogP contribution in [0.2, 0.25) is 0 Å². The lowest BCUT2D eigenvalue weighted by molar-refractivity contribution is -0.134. The summed E-state index contributed by atoms with van der Waals surface area (Å²) < 4.78 is 0. The van der Waals surface area contributed by atoms with Crippen molar-refractivity contribution in [1.82, 2.24) is 4.98 Å².